The fraction of sp³-hybridized carbons (Fsp3) is 0.977. The summed E-state index contributed by atoms with van der Waals surface area (Å²) in [5.74, 6) is -0.995. The van der Waals surface area contributed by atoms with Crippen LogP contribution in [-0.4, -0.2) is 183 Å². The highest BCUT2D eigenvalue weighted by molar-refractivity contribution is 5.67. The lowest BCUT2D eigenvalue weighted by Crippen LogP contribution is -2.15. The molecule has 0 aromatic rings. The average Bonchev–Trinajstić information content (AvgIpc) is 3.23. The molecule has 0 spiro atoms. The van der Waals surface area contributed by atoms with Crippen LogP contribution in [0.1, 0.15) is 110 Å². The largest absolute Gasteiger partial charge is 0.480 e. The molecule has 0 atom stereocenters. The van der Waals surface area contributed by atoms with Gasteiger partial charge in [-0.3, -0.25) is 0 Å². The molecule has 0 aliphatic carbocycles. The first kappa shape index (κ1) is 58.0. The molecule has 0 amide bonds. The Bertz CT molecular complexity index is 768. The standard InChI is InChI=1S/C44H88O15/c1-2-3-4-5-6-7-8-9-10-11-12-13-14-15-16-17-18-47-19-20-48-21-22-49-23-24-50-25-26-51-27-28-52-29-30-53-31-32-54-33-34-55-35-36-56-37-38-57-39-40-58-41-42-59-43-44(45)46/h2-43H2,1H3,(H,45,46). The highest BCUT2D eigenvalue weighted by Crippen LogP contribution is 2.13. The number of carboxylic acid groups (broad SMARTS) is 1. The van der Waals surface area contributed by atoms with Crippen molar-refractivity contribution in [3.05, 3.63) is 0 Å². The molecule has 0 aliphatic rings. The van der Waals surface area contributed by atoms with Crippen LogP contribution in [-0.2, 0) is 66.4 Å². The molecule has 0 aromatic heterocycles. The number of hydrogen-bond acceptors (Lipinski definition) is 14. The first-order valence-electron chi connectivity index (χ1n) is 23.0. The van der Waals surface area contributed by atoms with Crippen LogP contribution >= 0.6 is 0 Å². The number of carboxylic acids is 1. The predicted molar refractivity (Wildman–Crippen MR) is 228 cm³/mol. The zero-order chi connectivity index (χ0) is 42.5. The maximum absolute atomic E-state index is 10.3. The van der Waals surface area contributed by atoms with E-state index in [-0.39, 0.29) is 13.2 Å². The van der Waals surface area contributed by atoms with Crippen LogP contribution in [0.4, 0.5) is 0 Å². The van der Waals surface area contributed by atoms with Gasteiger partial charge in [-0.15, -0.1) is 0 Å². The van der Waals surface area contributed by atoms with Crippen LogP contribution < -0.4 is 0 Å². The second-order valence-corrected chi connectivity index (χ2v) is 14.1. The predicted octanol–water partition coefficient (Wildman–Crippen LogP) is 6.55. The van der Waals surface area contributed by atoms with Crippen LogP contribution in [0, 0.1) is 0 Å². The number of carbonyl (C=O) groups is 1. The molecule has 0 unspecified atom stereocenters. The lowest BCUT2D eigenvalue weighted by Gasteiger charge is -2.09. The van der Waals surface area contributed by atoms with Crippen molar-refractivity contribution in [2.75, 3.05) is 172 Å². The molecule has 354 valence electrons. The normalized spacial score (nSPS) is 11.6. The van der Waals surface area contributed by atoms with Gasteiger partial charge in [0.2, 0.25) is 0 Å². The Balaban J connectivity index is 3.06. The molecule has 0 aliphatic heterocycles. The topological polar surface area (TPSA) is 157 Å². The van der Waals surface area contributed by atoms with Crippen LogP contribution in [0.15, 0.2) is 0 Å². The number of hydrogen-bond donors (Lipinski definition) is 1. The minimum absolute atomic E-state index is 0.242. The van der Waals surface area contributed by atoms with Gasteiger partial charge in [-0.1, -0.05) is 103 Å². The summed E-state index contributed by atoms with van der Waals surface area (Å²) in [6.45, 7) is 14.5. The van der Waals surface area contributed by atoms with Gasteiger partial charge in [0.15, 0.2) is 0 Å². The summed E-state index contributed by atoms with van der Waals surface area (Å²) in [6, 6.07) is 0. The van der Waals surface area contributed by atoms with Crippen molar-refractivity contribution in [1.82, 2.24) is 0 Å². The third-order valence-corrected chi connectivity index (χ3v) is 8.83. The molecule has 1 N–H and O–H groups in total. The highest BCUT2D eigenvalue weighted by Gasteiger charge is 1.99. The number of ether oxygens (including phenoxy) is 13. The van der Waals surface area contributed by atoms with E-state index in [1.165, 1.54) is 96.3 Å². The van der Waals surface area contributed by atoms with E-state index in [4.69, 9.17) is 66.7 Å². The zero-order valence-corrected chi connectivity index (χ0v) is 37.4. The van der Waals surface area contributed by atoms with Gasteiger partial charge in [0, 0.05) is 6.61 Å². The van der Waals surface area contributed by atoms with Gasteiger partial charge in [0.05, 0.1) is 159 Å². The van der Waals surface area contributed by atoms with Crippen molar-refractivity contribution in [2.24, 2.45) is 0 Å². The Hall–Kier alpha value is -1.05. The third-order valence-electron chi connectivity index (χ3n) is 8.83. The average molecular weight is 857 g/mol. The van der Waals surface area contributed by atoms with Crippen LogP contribution in [0.3, 0.4) is 0 Å². The fourth-order valence-corrected chi connectivity index (χ4v) is 5.55. The first-order valence-corrected chi connectivity index (χ1v) is 23.0. The van der Waals surface area contributed by atoms with Crippen LogP contribution in [0.25, 0.3) is 0 Å². The van der Waals surface area contributed by atoms with E-state index in [0.717, 1.165) is 13.0 Å². The van der Waals surface area contributed by atoms with Gasteiger partial charge in [-0.05, 0) is 6.42 Å². The van der Waals surface area contributed by atoms with E-state index in [1.807, 2.05) is 0 Å². The summed E-state index contributed by atoms with van der Waals surface area (Å²) in [5.41, 5.74) is 0. The van der Waals surface area contributed by atoms with Gasteiger partial charge in [0.25, 0.3) is 0 Å². The highest BCUT2D eigenvalue weighted by atomic mass is 16.6. The Morgan fingerprint density at radius 3 is 0.627 bits per heavy atom. The molecule has 0 bridgehead atoms. The van der Waals surface area contributed by atoms with Crippen molar-refractivity contribution in [3.8, 4) is 0 Å². The lowest BCUT2D eigenvalue weighted by molar-refractivity contribution is -0.142. The van der Waals surface area contributed by atoms with Crippen molar-refractivity contribution < 1.29 is 71.5 Å². The molecule has 0 rings (SSSR count). The molecule has 0 heterocycles. The van der Waals surface area contributed by atoms with Crippen LogP contribution in [0.5, 0.6) is 0 Å². The van der Waals surface area contributed by atoms with E-state index in [1.54, 1.807) is 0 Å². The maximum atomic E-state index is 10.3. The Kier molecular flexibility index (Phi) is 54.0. The van der Waals surface area contributed by atoms with E-state index in [9.17, 15) is 4.79 Å². The van der Waals surface area contributed by atoms with Gasteiger partial charge < -0.3 is 66.7 Å². The molecule has 0 radical (unpaired) electrons. The summed E-state index contributed by atoms with van der Waals surface area (Å²) in [7, 11) is 0. The Morgan fingerprint density at radius 1 is 0.254 bits per heavy atom. The minimum atomic E-state index is -0.995. The van der Waals surface area contributed by atoms with Gasteiger partial charge in [-0.2, -0.15) is 0 Å². The van der Waals surface area contributed by atoms with E-state index >= 15 is 0 Å². The quantitative estimate of drug-likeness (QED) is 0.0657. The van der Waals surface area contributed by atoms with E-state index in [0.29, 0.717) is 152 Å². The van der Waals surface area contributed by atoms with E-state index in [2.05, 4.69) is 6.92 Å². The van der Waals surface area contributed by atoms with Crippen LogP contribution in [0.2, 0.25) is 0 Å². The second-order valence-electron chi connectivity index (χ2n) is 14.1. The molecule has 15 nitrogen and oxygen atoms in total. The van der Waals surface area contributed by atoms with Crippen molar-refractivity contribution in [3.63, 3.8) is 0 Å². The zero-order valence-electron chi connectivity index (χ0n) is 37.4. The lowest BCUT2D eigenvalue weighted by atomic mass is 10.0. The molecule has 0 saturated heterocycles. The van der Waals surface area contributed by atoms with Crippen molar-refractivity contribution in [2.45, 2.75) is 110 Å². The first-order chi connectivity index (χ1) is 29.3. The molecule has 0 aromatic carbocycles. The molecular formula is C44H88O15. The summed E-state index contributed by atoms with van der Waals surface area (Å²) in [5, 5.41) is 8.44. The summed E-state index contributed by atoms with van der Waals surface area (Å²) in [6.07, 6.45) is 22.1. The molecule has 15 heteroatoms. The Labute approximate surface area is 358 Å². The molecule has 0 saturated carbocycles. The second kappa shape index (κ2) is 55.0. The monoisotopic (exact) mass is 857 g/mol. The summed E-state index contributed by atoms with van der Waals surface area (Å²) < 4.78 is 70.8. The van der Waals surface area contributed by atoms with Crippen molar-refractivity contribution >= 4 is 5.97 Å². The molecule has 59 heavy (non-hydrogen) atoms. The molecule has 0 fully saturated rings. The van der Waals surface area contributed by atoms with Gasteiger partial charge in [-0.25, -0.2) is 4.79 Å². The Morgan fingerprint density at radius 2 is 0.424 bits per heavy atom. The third kappa shape index (κ3) is 56.9. The van der Waals surface area contributed by atoms with Gasteiger partial charge in [0.1, 0.15) is 6.61 Å². The summed E-state index contributed by atoms with van der Waals surface area (Å²) in [4.78, 5) is 10.3. The fourth-order valence-electron chi connectivity index (χ4n) is 5.55. The van der Waals surface area contributed by atoms with Crippen molar-refractivity contribution in [1.29, 1.82) is 0 Å². The minimum Gasteiger partial charge on any atom is -0.480 e. The van der Waals surface area contributed by atoms with E-state index < -0.39 is 5.97 Å². The number of unbranched alkanes of at least 4 members (excludes halogenated alkanes) is 15. The maximum Gasteiger partial charge on any atom is 0.329 e. The number of aliphatic carboxylic acids is 1. The molecular weight excluding hydrogens is 768 g/mol. The SMILES string of the molecule is CCCCCCCCCCCCCCCCCCOCCOCCOCCOCCOCCOCCOCCOCCOCCOCCOCCOCCOCC(=O)O. The number of rotatable bonds is 55. The smallest absolute Gasteiger partial charge is 0.329 e. The van der Waals surface area contributed by atoms with Gasteiger partial charge >= 0.3 is 5.97 Å². The summed E-state index contributed by atoms with van der Waals surface area (Å²) >= 11 is 0.